The van der Waals surface area contributed by atoms with Crippen LogP contribution < -0.4 is 10.2 Å². The van der Waals surface area contributed by atoms with E-state index >= 15 is 0 Å². The molecule has 0 saturated carbocycles. The van der Waals surface area contributed by atoms with Gasteiger partial charge in [-0.15, -0.1) is 0 Å². The highest BCUT2D eigenvalue weighted by atomic mass is 79.9. The molecule has 2 aromatic rings. The molecule has 0 bridgehead atoms. The molecule has 0 spiro atoms. The molecule has 0 saturated heterocycles. The number of carbonyl (C=O) groups excluding carboxylic acids is 1. The van der Waals surface area contributed by atoms with Crippen molar-refractivity contribution in [2.24, 2.45) is 5.10 Å². The third-order valence-corrected chi connectivity index (χ3v) is 4.05. The van der Waals surface area contributed by atoms with Gasteiger partial charge in [0.05, 0.1) is 11.1 Å². The molecule has 0 aliphatic rings. The molecule has 0 aliphatic heterocycles. The fourth-order valence-electron chi connectivity index (χ4n) is 2.07. The molecule has 136 valence electrons. The second kappa shape index (κ2) is 8.43. The van der Waals surface area contributed by atoms with E-state index in [9.17, 15) is 20.0 Å². The maximum absolute atomic E-state index is 11.8. The summed E-state index contributed by atoms with van der Waals surface area (Å²) >= 11 is 3.12. The molecule has 2 aromatic carbocycles. The summed E-state index contributed by atoms with van der Waals surface area (Å²) in [7, 11) is 0. The normalized spacial score (nSPS) is 10.7. The Morgan fingerprint density at radius 2 is 2.15 bits per heavy atom. The van der Waals surface area contributed by atoms with Gasteiger partial charge in [0.1, 0.15) is 5.75 Å². The van der Waals surface area contributed by atoms with Crippen molar-refractivity contribution in [3.63, 3.8) is 0 Å². The summed E-state index contributed by atoms with van der Waals surface area (Å²) in [6.07, 6.45) is 1.11. The van der Waals surface area contributed by atoms with Crippen molar-refractivity contribution < 1.29 is 19.6 Å². The molecule has 1 amide bonds. The van der Waals surface area contributed by atoms with Crippen LogP contribution in [0, 0.1) is 24.0 Å². The number of nitro benzene ring substituents is 1. The highest BCUT2D eigenvalue weighted by Gasteiger charge is 2.17. The molecule has 8 nitrogen and oxygen atoms in total. The van der Waals surface area contributed by atoms with Gasteiger partial charge in [0.2, 0.25) is 5.75 Å². The number of ether oxygens (including phenoxy) is 1. The number of hydrogen-bond acceptors (Lipinski definition) is 6. The summed E-state index contributed by atoms with van der Waals surface area (Å²) in [5.74, 6) is -0.446. The van der Waals surface area contributed by atoms with Crippen molar-refractivity contribution in [1.29, 1.82) is 0 Å². The molecule has 0 radical (unpaired) electrons. The first kappa shape index (κ1) is 19.4. The average Bonchev–Trinajstić information content (AvgIpc) is 2.58. The molecule has 0 heterocycles. The number of hydrogen-bond donors (Lipinski definition) is 2. The minimum atomic E-state index is -0.714. The summed E-state index contributed by atoms with van der Waals surface area (Å²) in [6, 6.07) is 8.14. The number of benzene rings is 2. The number of phenols is 1. The van der Waals surface area contributed by atoms with E-state index in [4.69, 9.17) is 4.74 Å². The number of aryl methyl sites for hydroxylation is 1. The molecular formula is C17H16BrN3O5. The lowest BCUT2D eigenvalue weighted by Crippen LogP contribution is -2.24. The van der Waals surface area contributed by atoms with Crippen molar-refractivity contribution in [2.75, 3.05) is 6.61 Å². The van der Waals surface area contributed by atoms with E-state index < -0.39 is 22.3 Å². The standard InChI is InChI=1S/C17H16BrN3O5/c1-10-4-3-5-15(11(10)2)26-9-16(22)20-19-8-12-6-13(18)7-14(17(12)23)21(24)25/h3-8,23H,9H2,1-2H3,(H,20,22). The fourth-order valence-corrected chi connectivity index (χ4v) is 2.54. The van der Waals surface area contributed by atoms with Crippen molar-refractivity contribution in [3.8, 4) is 11.5 Å². The zero-order valence-corrected chi connectivity index (χ0v) is 15.6. The molecule has 0 aromatic heterocycles. The summed E-state index contributed by atoms with van der Waals surface area (Å²) in [5, 5.41) is 24.4. The number of aromatic hydroxyl groups is 1. The zero-order valence-electron chi connectivity index (χ0n) is 14.0. The molecule has 2 rings (SSSR count). The van der Waals surface area contributed by atoms with Crippen molar-refractivity contribution in [1.82, 2.24) is 5.43 Å². The maximum atomic E-state index is 11.8. The topological polar surface area (TPSA) is 114 Å². The van der Waals surface area contributed by atoms with Crippen LogP contribution in [0.2, 0.25) is 0 Å². The van der Waals surface area contributed by atoms with Crippen LogP contribution >= 0.6 is 15.9 Å². The Kier molecular flexibility index (Phi) is 6.29. The molecular weight excluding hydrogens is 406 g/mol. The zero-order chi connectivity index (χ0) is 19.3. The smallest absolute Gasteiger partial charge is 0.312 e. The van der Waals surface area contributed by atoms with Crippen LogP contribution in [0.5, 0.6) is 11.5 Å². The minimum absolute atomic E-state index is 0.0850. The van der Waals surface area contributed by atoms with Gasteiger partial charge in [-0.3, -0.25) is 14.9 Å². The first-order valence-electron chi connectivity index (χ1n) is 7.47. The van der Waals surface area contributed by atoms with Gasteiger partial charge in [0.25, 0.3) is 5.91 Å². The van der Waals surface area contributed by atoms with Gasteiger partial charge in [0.15, 0.2) is 6.61 Å². The number of amides is 1. The number of nitro groups is 1. The van der Waals surface area contributed by atoms with E-state index in [1.807, 2.05) is 26.0 Å². The van der Waals surface area contributed by atoms with E-state index in [2.05, 4.69) is 26.5 Å². The molecule has 0 unspecified atom stereocenters. The van der Waals surface area contributed by atoms with E-state index in [1.165, 1.54) is 12.1 Å². The Hall–Kier alpha value is -2.94. The predicted molar refractivity (Wildman–Crippen MR) is 99.6 cm³/mol. The van der Waals surface area contributed by atoms with Crippen LogP contribution in [0.3, 0.4) is 0 Å². The van der Waals surface area contributed by atoms with Gasteiger partial charge >= 0.3 is 5.69 Å². The summed E-state index contributed by atoms with van der Waals surface area (Å²) in [5.41, 5.74) is 3.85. The molecule has 2 N–H and O–H groups in total. The number of nitrogens with zero attached hydrogens (tertiary/aromatic N) is 2. The van der Waals surface area contributed by atoms with Crippen LogP contribution in [0.1, 0.15) is 16.7 Å². The van der Waals surface area contributed by atoms with E-state index in [0.717, 1.165) is 17.3 Å². The third kappa shape index (κ3) is 4.79. The van der Waals surface area contributed by atoms with Gasteiger partial charge in [-0.05, 0) is 37.1 Å². The Balaban J connectivity index is 1.99. The van der Waals surface area contributed by atoms with Crippen LogP contribution in [-0.2, 0) is 4.79 Å². The van der Waals surface area contributed by atoms with Gasteiger partial charge in [-0.25, -0.2) is 5.43 Å². The SMILES string of the molecule is Cc1cccc(OCC(=O)NN=Cc2cc(Br)cc([N+](=O)[O-])c2O)c1C. The highest BCUT2D eigenvalue weighted by Crippen LogP contribution is 2.32. The third-order valence-electron chi connectivity index (χ3n) is 3.59. The van der Waals surface area contributed by atoms with E-state index in [0.29, 0.717) is 10.2 Å². The van der Waals surface area contributed by atoms with Crippen LogP contribution in [-0.4, -0.2) is 28.8 Å². The lowest BCUT2D eigenvalue weighted by molar-refractivity contribution is -0.385. The molecule has 0 atom stereocenters. The lowest BCUT2D eigenvalue weighted by atomic mass is 10.1. The summed E-state index contributed by atoms with van der Waals surface area (Å²) < 4.78 is 5.84. The Morgan fingerprint density at radius 1 is 1.42 bits per heavy atom. The Labute approximate surface area is 157 Å². The number of nitrogens with one attached hydrogen (secondary N) is 1. The van der Waals surface area contributed by atoms with Crippen molar-refractivity contribution in [2.45, 2.75) is 13.8 Å². The highest BCUT2D eigenvalue weighted by molar-refractivity contribution is 9.10. The monoisotopic (exact) mass is 421 g/mol. The molecule has 26 heavy (non-hydrogen) atoms. The Bertz CT molecular complexity index is 883. The summed E-state index contributed by atoms with van der Waals surface area (Å²) in [4.78, 5) is 22.0. The largest absolute Gasteiger partial charge is 0.502 e. The number of rotatable bonds is 6. The fraction of sp³-hybridized carbons (Fsp3) is 0.176. The average molecular weight is 422 g/mol. The van der Waals surface area contributed by atoms with Gasteiger partial charge in [-0.1, -0.05) is 28.1 Å². The first-order valence-corrected chi connectivity index (χ1v) is 8.26. The molecule has 9 heteroatoms. The van der Waals surface area contributed by atoms with Gasteiger partial charge in [0, 0.05) is 16.1 Å². The number of carbonyl (C=O) groups is 1. The van der Waals surface area contributed by atoms with Gasteiger partial charge in [-0.2, -0.15) is 5.10 Å². The van der Waals surface area contributed by atoms with Gasteiger partial charge < -0.3 is 9.84 Å². The van der Waals surface area contributed by atoms with Crippen LogP contribution in [0.15, 0.2) is 39.9 Å². The van der Waals surface area contributed by atoms with Crippen molar-refractivity contribution in [3.05, 3.63) is 61.6 Å². The number of phenolic OH excluding ortho intramolecular Hbond substituents is 1. The number of hydrazone groups is 1. The van der Waals surface area contributed by atoms with E-state index in [1.54, 1.807) is 6.07 Å². The molecule has 0 fully saturated rings. The molecule has 0 aliphatic carbocycles. The van der Waals surface area contributed by atoms with Crippen molar-refractivity contribution >= 4 is 33.7 Å². The second-order valence-electron chi connectivity index (χ2n) is 5.40. The predicted octanol–water partition coefficient (Wildman–Crippen LogP) is 3.21. The van der Waals surface area contributed by atoms with Crippen LogP contribution in [0.4, 0.5) is 5.69 Å². The summed E-state index contributed by atoms with van der Waals surface area (Å²) in [6.45, 7) is 3.59. The first-order chi connectivity index (χ1) is 12.3. The number of halogens is 1. The Morgan fingerprint density at radius 3 is 2.85 bits per heavy atom. The second-order valence-corrected chi connectivity index (χ2v) is 6.32. The maximum Gasteiger partial charge on any atom is 0.312 e. The quantitative estimate of drug-likeness (QED) is 0.422. The lowest BCUT2D eigenvalue weighted by Gasteiger charge is -2.09. The van der Waals surface area contributed by atoms with Crippen LogP contribution in [0.25, 0.3) is 0 Å². The van der Waals surface area contributed by atoms with E-state index in [-0.39, 0.29) is 12.2 Å². The minimum Gasteiger partial charge on any atom is -0.502 e.